The van der Waals surface area contributed by atoms with Crippen LogP contribution in [-0.2, 0) is 4.79 Å². The molecule has 3 aromatic rings. The van der Waals surface area contributed by atoms with Gasteiger partial charge in [0.15, 0.2) is 0 Å². The zero-order valence-corrected chi connectivity index (χ0v) is 20.5. The Morgan fingerprint density at radius 2 is 1.17 bits per heavy atom. The number of carbonyl (C=O) groups excluding carboxylic acids is 1. The van der Waals surface area contributed by atoms with E-state index < -0.39 is 4.25 Å². The van der Waals surface area contributed by atoms with Crippen molar-refractivity contribution in [2.45, 2.75) is 19.8 Å². The van der Waals surface area contributed by atoms with E-state index in [1.165, 1.54) is 15.9 Å². The summed E-state index contributed by atoms with van der Waals surface area (Å²) in [6.45, 7) is 3.44. The van der Waals surface area contributed by atoms with E-state index in [0.29, 0.717) is 5.92 Å². The first-order valence-corrected chi connectivity index (χ1v) is 15.9. The molecule has 2 nitrogen and oxygen atoms in total. The number of likely N-dealkylation sites (tertiary alicyclic amines) is 1. The van der Waals surface area contributed by atoms with Gasteiger partial charge in [0.1, 0.15) is 0 Å². The quantitative estimate of drug-likeness (QED) is 0.332. The van der Waals surface area contributed by atoms with Crippen molar-refractivity contribution in [3.05, 3.63) is 91.0 Å². The van der Waals surface area contributed by atoms with E-state index in [4.69, 9.17) is 0 Å². The number of carbonyl (C=O) groups is 1. The summed E-state index contributed by atoms with van der Waals surface area (Å²) < 4.78 is -2.71. The fourth-order valence-corrected chi connectivity index (χ4v) is 14.7. The summed E-state index contributed by atoms with van der Waals surface area (Å²) in [6, 6.07) is 33.4. The molecule has 0 unspecified atom stereocenters. The Kier molecular flexibility index (Phi) is 6.31. The Hall–Kier alpha value is -1.71. The summed E-state index contributed by atoms with van der Waals surface area (Å²) in [6.07, 6.45) is 3.29. The molecule has 1 aliphatic rings. The van der Waals surface area contributed by atoms with Crippen molar-refractivity contribution in [3.63, 3.8) is 0 Å². The van der Waals surface area contributed by atoms with Gasteiger partial charge in [-0.25, -0.2) is 0 Å². The van der Waals surface area contributed by atoms with Gasteiger partial charge in [-0.05, 0) is 0 Å². The van der Waals surface area contributed by atoms with Crippen LogP contribution in [0.1, 0.15) is 19.8 Å². The summed E-state index contributed by atoms with van der Waals surface area (Å²) in [5, 5.41) is 4.32. The molecule has 1 amide bonds. The van der Waals surface area contributed by atoms with Gasteiger partial charge in [-0.2, -0.15) is 0 Å². The molecule has 0 spiro atoms. The number of hydrogen-bond acceptors (Lipinski definition) is 1. The molecule has 1 aliphatic heterocycles. The first-order chi connectivity index (χ1) is 14.5. The topological polar surface area (TPSA) is 20.3 Å². The van der Waals surface area contributed by atoms with E-state index in [2.05, 4.69) is 113 Å². The second-order valence-corrected chi connectivity index (χ2v) is 19.0. The number of piperidine rings is 1. The SMILES string of the molecule is CC(=O)N1CCC(CP(I)(c2ccccc2)(c2ccccc2)c2ccccc2)CC1. The number of halogens is 1. The van der Waals surface area contributed by atoms with Crippen molar-refractivity contribution in [2.24, 2.45) is 5.92 Å². The molecule has 0 saturated carbocycles. The minimum atomic E-state index is -2.71. The second-order valence-electron chi connectivity index (χ2n) is 8.32. The van der Waals surface area contributed by atoms with Crippen LogP contribution in [0.3, 0.4) is 0 Å². The molecule has 156 valence electrons. The Balaban J connectivity index is 1.87. The molecule has 0 aliphatic carbocycles. The third kappa shape index (κ3) is 3.83. The Morgan fingerprint density at radius 1 is 0.800 bits per heavy atom. The molecule has 0 N–H and O–H groups in total. The van der Waals surface area contributed by atoms with Crippen LogP contribution in [0.2, 0.25) is 0 Å². The van der Waals surface area contributed by atoms with Gasteiger partial charge in [-0.1, -0.05) is 0 Å². The molecule has 0 atom stereocenters. The number of benzene rings is 3. The monoisotopic (exact) mass is 529 g/mol. The second kappa shape index (κ2) is 8.80. The fraction of sp³-hybridized carbons (Fsp3) is 0.269. The van der Waals surface area contributed by atoms with E-state index in [0.717, 1.165) is 32.1 Å². The minimum absolute atomic E-state index is 0.203. The Morgan fingerprint density at radius 3 is 1.50 bits per heavy atom. The van der Waals surface area contributed by atoms with E-state index in [1.807, 2.05) is 4.90 Å². The van der Waals surface area contributed by atoms with E-state index in [1.54, 1.807) is 6.92 Å². The molecule has 4 rings (SSSR count). The maximum absolute atomic E-state index is 11.9. The van der Waals surface area contributed by atoms with Gasteiger partial charge in [0.05, 0.1) is 0 Å². The van der Waals surface area contributed by atoms with Crippen LogP contribution in [0.4, 0.5) is 0 Å². The maximum atomic E-state index is 11.9. The van der Waals surface area contributed by atoms with Gasteiger partial charge in [-0.3, -0.25) is 0 Å². The molecule has 1 saturated heterocycles. The number of rotatable bonds is 5. The molecule has 1 heterocycles. The summed E-state index contributed by atoms with van der Waals surface area (Å²) >= 11 is 2.88. The molecule has 0 aromatic heterocycles. The van der Waals surface area contributed by atoms with E-state index in [-0.39, 0.29) is 5.91 Å². The third-order valence-electron chi connectivity index (χ3n) is 6.54. The van der Waals surface area contributed by atoms with Gasteiger partial charge in [0, 0.05) is 0 Å². The molecule has 1 fully saturated rings. The van der Waals surface area contributed by atoms with E-state index >= 15 is 0 Å². The predicted octanol–water partition coefficient (Wildman–Crippen LogP) is 5.12. The molecule has 0 radical (unpaired) electrons. The summed E-state index contributed by atoms with van der Waals surface area (Å²) in [5.74, 6) is 0.797. The van der Waals surface area contributed by atoms with Crippen molar-refractivity contribution >= 4 is 48.1 Å². The van der Waals surface area contributed by atoms with E-state index in [9.17, 15) is 4.79 Å². The molecular formula is C26H29INOP. The van der Waals surface area contributed by atoms with Crippen LogP contribution in [-0.4, -0.2) is 30.1 Å². The van der Waals surface area contributed by atoms with Crippen LogP contribution in [0, 0.1) is 5.92 Å². The molecule has 4 heteroatoms. The van der Waals surface area contributed by atoms with Crippen LogP contribution < -0.4 is 15.9 Å². The average molecular weight is 529 g/mol. The Labute approximate surface area is 193 Å². The summed E-state index contributed by atoms with van der Waals surface area (Å²) in [4.78, 5) is 13.9. The van der Waals surface area contributed by atoms with Gasteiger partial charge >= 0.3 is 194 Å². The number of hydrogen-bond donors (Lipinski definition) is 0. The van der Waals surface area contributed by atoms with Crippen LogP contribution in [0.25, 0.3) is 0 Å². The normalized spacial score (nSPS) is 16.6. The van der Waals surface area contributed by atoms with Gasteiger partial charge in [0.25, 0.3) is 0 Å². The molecule has 30 heavy (non-hydrogen) atoms. The zero-order valence-electron chi connectivity index (χ0n) is 17.5. The average Bonchev–Trinajstić information content (AvgIpc) is 2.81. The van der Waals surface area contributed by atoms with Crippen molar-refractivity contribution in [2.75, 3.05) is 19.3 Å². The number of amides is 1. The zero-order chi connectivity index (χ0) is 21.1. The summed E-state index contributed by atoms with van der Waals surface area (Å²) in [5.41, 5.74) is 0. The van der Waals surface area contributed by atoms with Gasteiger partial charge in [0.2, 0.25) is 0 Å². The molecule has 0 bridgehead atoms. The summed E-state index contributed by atoms with van der Waals surface area (Å²) in [7, 11) is 0. The Bertz CT molecular complexity index is 886. The molecular weight excluding hydrogens is 500 g/mol. The standard InChI is InChI=1S/C26H29INOP/c1-22(29)28-19-17-23(18-20-28)21-30(27,24-11-5-2-6-12-24,25-13-7-3-8-14-25)26-15-9-4-10-16-26/h2-16,23H,17-21H2,1H3. The van der Waals surface area contributed by atoms with Crippen molar-refractivity contribution < 1.29 is 4.79 Å². The van der Waals surface area contributed by atoms with Crippen LogP contribution in [0.15, 0.2) is 91.0 Å². The van der Waals surface area contributed by atoms with Crippen molar-refractivity contribution in [3.8, 4) is 0 Å². The first-order valence-electron chi connectivity index (χ1n) is 10.7. The van der Waals surface area contributed by atoms with Gasteiger partial charge in [-0.15, -0.1) is 0 Å². The van der Waals surface area contributed by atoms with Gasteiger partial charge < -0.3 is 0 Å². The van der Waals surface area contributed by atoms with Crippen LogP contribution >= 0.6 is 26.3 Å². The predicted molar refractivity (Wildman–Crippen MR) is 139 cm³/mol. The molecule has 3 aromatic carbocycles. The first kappa shape index (κ1) is 21.5. The van der Waals surface area contributed by atoms with Crippen molar-refractivity contribution in [1.29, 1.82) is 0 Å². The number of nitrogens with zero attached hydrogens (tertiary/aromatic N) is 1. The van der Waals surface area contributed by atoms with Crippen molar-refractivity contribution in [1.82, 2.24) is 4.90 Å². The third-order valence-corrected chi connectivity index (χ3v) is 18.1. The fourth-order valence-electron chi connectivity index (χ4n) is 4.90. The van der Waals surface area contributed by atoms with Crippen LogP contribution in [0.5, 0.6) is 0 Å².